The van der Waals surface area contributed by atoms with Gasteiger partial charge in [0.15, 0.2) is 0 Å². The second-order valence-corrected chi connectivity index (χ2v) is 5.99. The summed E-state index contributed by atoms with van der Waals surface area (Å²) >= 11 is 10.8. The van der Waals surface area contributed by atoms with E-state index in [-0.39, 0.29) is 5.91 Å². The third-order valence-electron chi connectivity index (χ3n) is 2.38. The van der Waals surface area contributed by atoms with Gasteiger partial charge in [-0.05, 0) is 52.3 Å². The topological polar surface area (TPSA) is 29.1 Å². The van der Waals surface area contributed by atoms with Crippen LogP contribution in [0.2, 0.25) is 0 Å². The van der Waals surface area contributed by atoms with Crippen molar-refractivity contribution in [1.82, 2.24) is 0 Å². The normalized spacial score (nSPS) is 10.3. The predicted molar refractivity (Wildman–Crippen MR) is 83.4 cm³/mol. The Kier molecular flexibility index (Phi) is 4.65. The van der Waals surface area contributed by atoms with Crippen LogP contribution in [0.1, 0.15) is 10.4 Å². The average Bonchev–Trinajstić information content (AvgIpc) is 2.33. The van der Waals surface area contributed by atoms with Crippen molar-refractivity contribution in [2.45, 2.75) is 4.90 Å². The lowest BCUT2D eigenvalue weighted by molar-refractivity contribution is 0.102. The van der Waals surface area contributed by atoms with Crippen LogP contribution in [0.25, 0.3) is 0 Å². The molecular weight excluding hydrogens is 397 g/mol. The number of anilines is 1. The smallest absolute Gasteiger partial charge is 0.256 e. The molecule has 2 aromatic rings. The summed E-state index contributed by atoms with van der Waals surface area (Å²) in [6, 6.07) is 9.21. The van der Waals surface area contributed by atoms with Gasteiger partial charge >= 0.3 is 0 Å². The van der Waals surface area contributed by atoms with Gasteiger partial charge in [-0.1, -0.05) is 15.9 Å². The van der Waals surface area contributed by atoms with E-state index < -0.39 is 5.82 Å². The Labute approximate surface area is 132 Å². The van der Waals surface area contributed by atoms with Crippen LogP contribution in [-0.4, -0.2) is 5.91 Å². The van der Waals surface area contributed by atoms with Crippen molar-refractivity contribution < 1.29 is 9.18 Å². The van der Waals surface area contributed by atoms with Gasteiger partial charge in [0, 0.05) is 13.8 Å². The van der Waals surface area contributed by atoms with E-state index in [0.717, 1.165) is 4.47 Å². The number of thiol groups is 1. The van der Waals surface area contributed by atoms with Crippen LogP contribution in [0.3, 0.4) is 0 Å². The van der Waals surface area contributed by atoms with Gasteiger partial charge in [-0.3, -0.25) is 4.79 Å². The maximum atomic E-state index is 13.1. The molecular formula is C13H8Br2FNOS. The van der Waals surface area contributed by atoms with E-state index >= 15 is 0 Å². The van der Waals surface area contributed by atoms with Crippen molar-refractivity contribution in [2.24, 2.45) is 0 Å². The molecule has 2 aromatic carbocycles. The first-order chi connectivity index (χ1) is 8.97. The minimum absolute atomic E-state index is 0.344. The summed E-state index contributed by atoms with van der Waals surface area (Å²) in [5, 5.41) is 2.64. The molecule has 1 N–H and O–H groups in total. The molecule has 0 aliphatic heterocycles. The van der Waals surface area contributed by atoms with Crippen LogP contribution in [0.15, 0.2) is 50.2 Å². The molecule has 2 rings (SSSR count). The third kappa shape index (κ3) is 3.58. The highest BCUT2D eigenvalue weighted by molar-refractivity contribution is 9.10. The zero-order valence-corrected chi connectivity index (χ0v) is 13.5. The maximum absolute atomic E-state index is 13.1. The molecule has 0 bridgehead atoms. The first-order valence-electron chi connectivity index (χ1n) is 5.22. The number of nitrogens with one attached hydrogen (secondary N) is 1. The number of rotatable bonds is 2. The molecule has 98 valence electrons. The highest BCUT2D eigenvalue weighted by Crippen LogP contribution is 2.25. The summed E-state index contributed by atoms with van der Waals surface area (Å²) in [4.78, 5) is 12.6. The first kappa shape index (κ1) is 14.6. The largest absolute Gasteiger partial charge is 0.321 e. The second-order valence-electron chi connectivity index (χ2n) is 3.74. The van der Waals surface area contributed by atoms with Crippen molar-refractivity contribution in [3.8, 4) is 0 Å². The number of hydrogen-bond acceptors (Lipinski definition) is 2. The minimum Gasteiger partial charge on any atom is -0.321 e. The quantitative estimate of drug-likeness (QED) is 0.685. The van der Waals surface area contributed by atoms with Gasteiger partial charge in [0.1, 0.15) is 5.82 Å². The van der Waals surface area contributed by atoms with Crippen molar-refractivity contribution in [2.75, 3.05) is 5.32 Å². The number of amides is 1. The van der Waals surface area contributed by atoms with Crippen LogP contribution >= 0.6 is 44.5 Å². The van der Waals surface area contributed by atoms with Gasteiger partial charge in [-0.25, -0.2) is 4.39 Å². The van der Waals surface area contributed by atoms with E-state index in [1.807, 2.05) is 0 Å². The van der Waals surface area contributed by atoms with Crippen LogP contribution in [0.4, 0.5) is 10.1 Å². The predicted octanol–water partition coefficient (Wildman–Crippen LogP) is 4.89. The number of halogens is 3. The Balaban J connectivity index is 2.28. The van der Waals surface area contributed by atoms with Crippen LogP contribution < -0.4 is 5.32 Å². The van der Waals surface area contributed by atoms with E-state index in [0.29, 0.717) is 20.6 Å². The van der Waals surface area contributed by atoms with Gasteiger partial charge < -0.3 is 5.32 Å². The number of benzene rings is 2. The summed E-state index contributed by atoms with van der Waals surface area (Å²) in [6.07, 6.45) is 0. The second kappa shape index (κ2) is 6.07. The lowest BCUT2D eigenvalue weighted by Gasteiger charge is -2.09. The number of carbonyl (C=O) groups is 1. The van der Waals surface area contributed by atoms with E-state index in [1.54, 1.807) is 18.2 Å². The van der Waals surface area contributed by atoms with Gasteiger partial charge in [0.05, 0.1) is 11.3 Å². The zero-order valence-electron chi connectivity index (χ0n) is 9.45. The Morgan fingerprint density at radius 3 is 2.58 bits per heavy atom. The zero-order chi connectivity index (χ0) is 14.0. The number of hydrogen-bond donors (Lipinski definition) is 2. The van der Waals surface area contributed by atoms with E-state index in [1.165, 1.54) is 18.2 Å². The molecule has 2 nitrogen and oxygen atoms in total. The minimum atomic E-state index is -0.416. The summed E-state index contributed by atoms with van der Waals surface area (Å²) in [6.45, 7) is 0. The van der Waals surface area contributed by atoms with Crippen molar-refractivity contribution in [3.63, 3.8) is 0 Å². The fourth-order valence-electron chi connectivity index (χ4n) is 1.48. The fraction of sp³-hybridized carbons (Fsp3) is 0. The highest BCUT2D eigenvalue weighted by atomic mass is 79.9. The van der Waals surface area contributed by atoms with Crippen LogP contribution in [0.5, 0.6) is 0 Å². The van der Waals surface area contributed by atoms with Crippen molar-refractivity contribution in [3.05, 3.63) is 56.7 Å². The lowest BCUT2D eigenvalue weighted by Crippen LogP contribution is -2.13. The van der Waals surface area contributed by atoms with E-state index in [2.05, 4.69) is 49.8 Å². The summed E-state index contributed by atoms with van der Waals surface area (Å²) in [7, 11) is 0. The molecule has 0 fully saturated rings. The summed E-state index contributed by atoms with van der Waals surface area (Å²) < 4.78 is 14.6. The van der Waals surface area contributed by atoms with Gasteiger partial charge in [-0.2, -0.15) is 0 Å². The highest BCUT2D eigenvalue weighted by Gasteiger charge is 2.12. The molecule has 0 aliphatic carbocycles. The van der Waals surface area contributed by atoms with E-state index in [4.69, 9.17) is 0 Å². The molecule has 0 radical (unpaired) electrons. The monoisotopic (exact) mass is 403 g/mol. The molecule has 6 heteroatoms. The molecule has 0 saturated carbocycles. The molecule has 0 atom stereocenters. The summed E-state index contributed by atoms with van der Waals surface area (Å²) in [5.41, 5.74) is 0.795. The van der Waals surface area contributed by atoms with Crippen LogP contribution in [0, 0.1) is 5.82 Å². The number of carbonyl (C=O) groups excluding carboxylic acids is 1. The Morgan fingerprint density at radius 2 is 1.89 bits per heavy atom. The standard InChI is InChI=1S/C13H8Br2FNOS/c14-7-1-3-9(12(19)5-7)13(18)17-11-6-8(16)2-4-10(11)15/h1-6,19H,(H,17,18). The van der Waals surface area contributed by atoms with Gasteiger partial charge in [-0.15, -0.1) is 12.6 Å². The molecule has 0 aromatic heterocycles. The van der Waals surface area contributed by atoms with Crippen molar-refractivity contribution >= 4 is 56.1 Å². The summed E-state index contributed by atoms with van der Waals surface area (Å²) in [5.74, 6) is -0.760. The Bertz CT molecular complexity index is 649. The molecule has 0 saturated heterocycles. The molecule has 0 unspecified atom stereocenters. The lowest BCUT2D eigenvalue weighted by atomic mass is 10.2. The molecule has 1 amide bonds. The Morgan fingerprint density at radius 1 is 1.16 bits per heavy atom. The first-order valence-corrected chi connectivity index (χ1v) is 7.25. The van der Waals surface area contributed by atoms with Gasteiger partial charge in [0.25, 0.3) is 5.91 Å². The molecule has 0 heterocycles. The van der Waals surface area contributed by atoms with Gasteiger partial charge in [0.2, 0.25) is 0 Å². The maximum Gasteiger partial charge on any atom is 0.256 e. The average molecular weight is 405 g/mol. The van der Waals surface area contributed by atoms with Crippen molar-refractivity contribution in [1.29, 1.82) is 0 Å². The molecule has 0 aliphatic rings. The third-order valence-corrected chi connectivity index (χ3v) is 3.94. The fourth-order valence-corrected chi connectivity index (χ4v) is 2.68. The molecule has 0 spiro atoms. The Hall–Kier alpha value is -0.850. The van der Waals surface area contributed by atoms with Crippen LogP contribution in [-0.2, 0) is 0 Å². The molecule has 19 heavy (non-hydrogen) atoms. The SMILES string of the molecule is O=C(Nc1cc(F)ccc1Br)c1ccc(Br)cc1S. The van der Waals surface area contributed by atoms with E-state index in [9.17, 15) is 9.18 Å².